The number of amides is 1. The minimum Gasteiger partial charge on any atom is -0.487 e. The normalized spacial score (nSPS) is 10.5. The van der Waals surface area contributed by atoms with Crippen molar-refractivity contribution in [2.75, 3.05) is 0 Å². The summed E-state index contributed by atoms with van der Waals surface area (Å²) in [7, 11) is 0. The van der Waals surface area contributed by atoms with Gasteiger partial charge in [-0.3, -0.25) is 4.79 Å². The van der Waals surface area contributed by atoms with Gasteiger partial charge >= 0.3 is 0 Å². The monoisotopic (exact) mass is 373 g/mol. The Labute approximate surface area is 154 Å². The number of benzene rings is 2. The van der Waals surface area contributed by atoms with Crippen LogP contribution in [0, 0.1) is 6.92 Å². The van der Waals surface area contributed by atoms with E-state index in [2.05, 4.69) is 14.1 Å². The van der Waals surface area contributed by atoms with Gasteiger partial charge in [-0.1, -0.05) is 29.8 Å². The van der Waals surface area contributed by atoms with Crippen LogP contribution in [0.3, 0.4) is 0 Å². The zero-order valence-corrected chi connectivity index (χ0v) is 15.1. The molecule has 2 aromatic carbocycles. The van der Waals surface area contributed by atoms with Crippen LogP contribution in [0.2, 0.25) is 5.02 Å². The Morgan fingerprint density at radius 2 is 2.04 bits per heavy atom. The molecule has 0 saturated carbocycles. The lowest BCUT2D eigenvalue weighted by Crippen LogP contribution is -2.22. The molecule has 0 atom stereocenters. The third-order valence-electron chi connectivity index (χ3n) is 3.56. The van der Waals surface area contributed by atoms with Gasteiger partial charge in [-0.15, -0.1) is 0 Å². The molecule has 0 unspecified atom stereocenters. The van der Waals surface area contributed by atoms with Crippen molar-refractivity contribution in [3.63, 3.8) is 0 Å². The van der Waals surface area contributed by atoms with Crippen LogP contribution in [-0.2, 0) is 13.2 Å². The molecule has 0 spiro atoms. The van der Waals surface area contributed by atoms with Crippen LogP contribution in [0.4, 0.5) is 0 Å². The van der Waals surface area contributed by atoms with Crippen LogP contribution in [-0.4, -0.2) is 14.7 Å². The lowest BCUT2D eigenvalue weighted by molar-refractivity contribution is 0.0950. The van der Waals surface area contributed by atoms with E-state index in [9.17, 15) is 4.79 Å². The van der Waals surface area contributed by atoms with Crippen LogP contribution >= 0.6 is 23.3 Å². The highest BCUT2D eigenvalue weighted by molar-refractivity contribution is 6.99. The van der Waals surface area contributed by atoms with E-state index in [0.29, 0.717) is 29.5 Å². The van der Waals surface area contributed by atoms with E-state index in [4.69, 9.17) is 16.3 Å². The summed E-state index contributed by atoms with van der Waals surface area (Å²) >= 11 is 7.11. The number of aryl methyl sites for hydroxylation is 1. The number of nitrogens with one attached hydrogen (secondary N) is 1. The van der Waals surface area contributed by atoms with Crippen LogP contribution in [0.1, 0.15) is 27.3 Å². The highest BCUT2D eigenvalue weighted by Crippen LogP contribution is 2.16. The Morgan fingerprint density at radius 1 is 1.20 bits per heavy atom. The maximum atomic E-state index is 12.3. The largest absolute Gasteiger partial charge is 0.487 e. The average Bonchev–Trinajstić information content (AvgIpc) is 3.03. The molecule has 7 heteroatoms. The summed E-state index contributed by atoms with van der Waals surface area (Å²) in [5.74, 6) is 0.444. The number of hydrogen-bond donors (Lipinski definition) is 1. The van der Waals surface area contributed by atoms with E-state index < -0.39 is 0 Å². The van der Waals surface area contributed by atoms with Gasteiger partial charge in [-0.2, -0.15) is 8.75 Å². The molecule has 0 radical (unpaired) electrons. The lowest BCUT2D eigenvalue weighted by atomic mass is 10.2. The summed E-state index contributed by atoms with van der Waals surface area (Å²) in [6.45, 7) is 2.63. The Bertz CT molecular complexity index is 882. The van der Waals surface area contributed by atoms with Gasteiger partial charge < -0.3 is 10.1 Å². The number of rotatable bonds is 6. The van der Waals surface area contributed by atoms with E-state index >= 15 is 0 Å². The maximum absolute atomic E-state index is 12.3. The van der Waals surface area contributed by atoms with Gasteiger partial charge in [0, 0.05) is 17.1 Å². The highest BCUT2D eigenvalue weighted by atomic mass is 35.5. The minimum atomic E-state index is -0.170. The molecule has 1 N–H and O–H groups in total. The lowest BCUT2D eigenvalue weighted by Gasteiger charge is -2.08. The second-order valence-electron chi connectivity index (χ2n) is 5.43. The van der Waals surface area contributed by atoms with Crippen LogP contribution in [0.25, 0.3) is 0 Å². The number of carbonyl (C=O) groups excluding carboxylic acids is 1. The fourth-order valence-electron chi connectivity index (χ4n) is 2.19. The molecular formula is C18H16ClN3O2S. The van der Waals surface area contributed by atoms with Gasteiger partial charge in [-0.25, -0.2) is 0 Å². The first-order valence-electron chi connectivity index (χ1n) is 7.65. The maximum Gasteiger partial charge on any atom is 0.251 e. The van der Waals surface area contributed by atoms with E-state index in [1.165, 1.54) is 0 Å². The molecule has 25 heavy (non-hydrogen) atoms. The standard InChI is InChI=1S/C18H16ClN3O2S/c1-12-17(22-25-21-12)11-24-16-7-3-5-14(9-16)18(23)20-10-13-4-2-6-15(19)8-13/h2-9H,10-11H2,1H3,(H,20,23). The number of halogens is 1. The molecule has 0 aliphatic rings. The van der Waals surface area contributed by atoms with Crippen LogP contribution in [0.15, 0.2) is 48.5 Å². The Kier molecular flexibility index (Phi) is 5.63. The van der Waals surface area contributed by atoms with Gasteiger partial charge in [0.25, 0.3) is 5.91 Å². The zero-order valence-electron chi connectivity index (χ0n) is 13.5. The number of ether oxygens (including phenoxy) is 1. The number of hydrogen-bond acceptors (Lipinski definition) is 5. The van der Waals surface area contributed by atoms with Crippen molar-refractivity contribution < 1.29 is 9.53 Å². The summed E-state index contributed by atoms with van der Waals surface area (Å²) < 4.78 is 14.0. The predicted octanol–water partition coefficient (Wildman–Crippen LogP) is 4.01. The average molecular weight is 374 g/mol. The van der Waals surface area contributed by atoms with Gasteiger partial charge in [0.1, 0.15) is 18.1 Å². The molecule has 0 aliphatic heterocycles. The second kappa shape index (κ2) is 8.09. The SMILES string of the molecule is Cc1nsnc1COc1cccc(C(=O)NCc2cccc(Cl)c2)c1. The molecule has 1 heterocycles. The minimum absolute atomic E-state index is 0.170. The first-order valence-corrected chi connectivity index (χ1v) is 8.76. The van der Waals surface area contributed by atoms with Crippen molar-refractivity contribution in [1.82, 2.24) is 14.1 Å². The van der Waals surface area contributed by atoms with Crippen molar-refractivity contribution in [1.29, 1.82) is 0 Å². The van der Waals surface area contributed by atoms with E-state index in [0.717, 1.165) is 28.7 Å². The van der Waals surface area contributed by atoms with E-state index in [1.54, 1.807) is 24.3 Å². The summed E-state index contributed by atoms with van der Waals surface area (Å²) in [4.78, 5) is 12.3. The summed E-state index contributed by atoms with van der Waals surface area (Å²) in [6.07, 6.45) is 0. The quantitative estimate of drug-likeness (QED) is 0.709. The molecule has 5 nitrogen and oxygen atoms in total. The predicted molar refractivity (Wildman–Crippen MR) is 98.0 cm³/mol. The van der Waals surface area contributed by atoms with E-state index in [1.807, 2.05) is 31.2 Å². The summed E-state index contributed by atoms with van der Waals surface area (Å²) in [5, 5.41) is 3.52. The number of aromatic nitrogens is 2. The fourth-order valence-corrected chi connectivity index (χ4v) is 2.96. The molecule has 0 fully saturated rings. The van der Waals surface area contributed by atoms with Crippen molar-refractivity contribution in [3.8, 4) is 5.75 Å². The Hall–Kier alpha value is -2.44. The van der Waals surface area contributed by atoms with Crippen molar-refractivity contribution in [3.05, 3.63) is 76.1 Å². The van der Waals surface area contributed by atoms with Crippen molar-refractivity contribution >= 4 is 29.2 Å². The van der Waals surface area contributed by atoms with Gasteiger partial charge in [0.15, 0.2) is 0 Å². The molecule has 1 aromatic heterocycles. The van der Waals surface area contributed by atoms with Crippen molar-refractivity contribution in [2.24, 2.45) is 0 Å². The summed E-state index contributed by atoms with van der Waals surface area (Å²) in [5.41, 5.74) is 3.15. The Balaban J connectivity index is 1.60. The van der Waals surface area contributed by atoms with E-state index in [-0.39, 0.29) is 5.91 Å². The molecule has 3 rings (SSSR count). The third kappa shape index (κ3) is 4.78. The molecule has 0 aliphatic carbocycles. The first kappa shape index (κ1) is 17.4. The summed E-state index contributed by atoms with van der Waals surface area (Å²) in [6, 6.07) is 14.4. The molecule has 0 saturated heterocycles. The number of nitrogens with zero attached hydrogens (tertiary/aromatic N) is 2. The third-order valence-corrected chi connectivity index (χ3v) is 4.45. The molecule has 128 valence electrons. The zero-order chi connectivity index (χ0) is 17.6. The van der Waals surface area contributed by atoms with Gasteiger partial charge in [-0.05, 0) is 42.8 Å². The smallest absolute Gasteiger partial charge is 0.251 e. The topological polar surface area (TPSA) is 64.1 Å². The van der Waals surface area contributed by atoms with Crippen LogP contribution < -0.4 is 10.1 Å². The Morgan fingerprint density at radius 3 is 2.80 bits per heavy atom. The fraction of sp³-hybridized carbons (Fsp3) is 0.167. The molecule has 1 amide bonds. The second-order valence-corrected chi connectivity index (χ2v) is 6.39. The highest BCUT2D eigenvalue weighted by Gasteiger charge is 2.08. The molecule has 0 bridgehead atoms. The number of carbonyl (C=O) groups is 1. The van der Waals surface area contributed by atoms with Gasteiger partial charge in [0.05, 0.1) is 17.4 Å². The molecule has 3 aromatic rings. The van der Waals surface area contributed by atoms with Crippen molar-refractivity contribution in [2.45, 2.75) is 20.1 Å². The van der Waals surface area contributed by atoms with Gasteiger partial charge in [0.2, 0.25) is 0 Å². The molecular weight excluding hydrogens is 358 g/mol. The first-order chi connectivity index (χ1) is 12.1. The van der Waals surface area contributed by atoms with Crippen LogP contribution in [0.5, 0.6) is 5.75 Å².